The molecular formula is C14H26N2O5. The largest absolute Gasteiger partial charge is 0.444 e. The monoisotopic (exact) mass is 302 g/mol. The van der Waals surface area contributed by atoms with E-state index in [4.69, 9.17) is 9.47 Å². The summed E-state index contributed by atoms with van der Waals surface area (Å²) in [6, 6.07) is -0.483. The van der Waals surface area contributed by atoms with Crippen LogP contribution in [-0.2, 0) is 14.3 Å². The third-order valence-electron chi connectivity index (χ3n) is 3.11. The van der Waals surface area contributed by atoms with Gasteiger partial charge in [-0.2, -0.15) is 0 Å². The summed E-state index contributed by atoms with van der Waals surface area (Å²) in [6.45, 7) is 10.1. The van der Waals surface area contributed by atoms with Crippen molar-refractivity contribution in [1.29, 1.82) is 0 Å². The molecule has 2 N–H and O–H groups in total. The Bertz CT molecular complexity index is 403. The van der Waals surface area contributed by atoms with E-state index in [1.165, 1.54) is 11.8 Å². The summed E-state index contributed by atoms with van der Waals surface area (Å²) in [4.78, 5) is 25.0. The van der Waals surface area contributed by atoms with Gasteiger partial charge >= 0.3 is 6.09 Å². The number of hydrogen-bond donors (Lipinski definition) is 2. The number of rotatable bonds is 3. The van der Waals surface area contributed by atoms with Crippen LogP contribution in [0.15, 0.2) is 0 Å². The van der Waals surface area contributed by atoms with E-state index in [2.05, 4.69) is 5.32 Å². The van der Waals surface area contributed by atoms with Gasteiger partial charge in [-0.1, -0.05) is 0 Å². The van der Waals surface area contributed by atoms with Gasteiger partial charge in [0.2, 0.25) is 5.91 Å². The van der Waals surface area contributed by atoms with Gasteiger partial charge in [0.15, 0.2) is 0 Å². The Hall–Kier alpha value is -1.34. The van der Waals surface area contributed by atoms with Gasteiger partial charge in [0.25, 0.3) is 0 Å². The molecule has 0 bridgehead atoms. The molecule has 21 heavy (non-hydrogen) atoms. The van der Waals surface area contributed by atoms with Crippen molar-refractivity contribution in [3.63, 3.8) is 0 Å². The summed E-state index contributed by atoms with van der Waals surface area (Å²) in [5.74, 6) is -0.208. The number of amides is 2. The molecule has 0 saturated carbocycles. The first-order chi connectivity index (χ1) is 9.48. The van der Waals surface area contributed by atoms with Gasteiger partial charge < -0.3 is 19.9 Å². The van der Waals surface area contributed by atoms with E-state index in [0.29, 0.717) is 0 Å². The third kappa shape index (κ3) is 4.57. The Balaban J connectivity index is 2.97. The Morgan fingerprint density at radius 1 is 1.38 bits per heavy atom. The molecule has 1 rings (SSSR count). The van der Waals surface area contributed by atoms with Crippen LogP contribution in [0.4, 0.5) is 4.79 Å². The molecule has 0 aromatic rings. The van der Waals surface area contributed by atoms with Crippen LogP contribution < -0.4 is 5.32 Å². The number of nitrogens with zero attached hydrogens (tertiary/aromatic N) is 1. The lowest BCUT2D eigenvalue weighted by molar-refractivity contribution is -0.119. The highest BCUT2D eigenvalue weighted by Gasteiger charge is 2.50. The van der Waals surface area contributed by atoms with Crippen molar-refractivity contribution in [2.24, 2.45) is 0 Å². The molecule has 2 atom stereocenters. The molecule has 0 aliphatic carbocycles. The fourth-order valence-corrected chi connectivity index (χ4v) is 2.37. The summed E-state index contributed by atoms with van der Waals surface area (Å²) < 4.78 is 11.1. The fourth-order valence-electron chi connectivity index (χ4n) is 2.37. The van der Waals surface area contributed by atoms with Crippen LogP contribution in [0.5, 0.6) is 0 Å². The average Bonchev–Trinajstić information content (AvgIpc) is 2.54. The number of carbonyl (C=O) groups excluding carboxylic acids is 2. The van der Waals surface area contributed by atoms with E-state index in [-0.39, 0.29) is 19.1 Å². The van der Waals surface area contributed by atoms with Gasteiger partial charge in [-0.05, 0) is 34.6 Å². The highest BCUT2D eigenvalue weighted by molar-refractivity contribution is 5.73. The zero-order valence-electron chi connectivity index (χ0n) is 13.6. The van der Waals surface area contributed by atoms with Crippen LogP contribution in [0.25, 0.3) is 0 Å². The van der Waals surface area contributed by atoms with Crippen molar-refractivity contribution in [3.8, 4) is 0 Å². The lowest BCUT2D eigenvalue weighted by atomic mass is 10.1. The highest BCUT2D eigenvalue weighted by Crippen LogP contribution is 2.33. The van der Waals surface area contributed by atoms with Gasteiger partial charge in [0.05, 0.1) is 12.6 Å². The minimum Gasteiger partial charge on any atom is -0.444 e. The lowest BCUT2D eigenvalue weighted by Crippen LogP contribution is -2.53. The molecule has 1 fully saturated rings. The standard InChI is InChI=1S/C14H26N2O5/c1-9(18)15-7-10-11(8-17)20-14(5,6)16(10)12(19)21-13(2,3)4/h10-11,17H,7-8H2,1-6H3,(H,15,18). The Morgan fingerprint density at radius 3 is 2.38 bits per heavy atom. The zero-order valence-corrected chi connectivity index (χ0v) is 13.6. The van der Waals surface area contributed by atoms with Crippen LogP contribution in [0, 0.1) is 0 Å². The first kappa shape index (κ1) is 17.7. The molecule has 1 heterocycles. The highest BCUT2D eigenvalue weighted by atomic mass is 16.6. The lowest BCUT2D eigenvalue weighted by Gasteiger charge is -2.35. The first-order valence-electron chi connectivity index (χ1n) is 7.03. The van der Waals surface area contributed by atoms with Crippen LogP contribution in [0.2, 0.25) is 0 Å². The van der Waals surface area contributed by atoms with E-state index in [1.54, 1.807) is 34.6 Å². The van der Waals surface area contributed by atoms with Gasteiger partial charge in [-0.15, -0.1) is 0 Å². The molecular weight excluding hydrogens is 276 g/mol. The van der Waals surface area contributed by atoms with E-state index in [9.17, 15) is 14.7 Å². The number of nitrogens with one attached hydrogen (secondary N) is 1. The summed E-state index contributed by atoms with van der Waals surface area (Å²) in [5, 5.41) is 12.1. The molecule has 2 unspecified atom stereocenters. The maximum Gasteiger partial charge on any atom is 0.412 e. The van der Waals surface area contributed by atoms with Gasteiger partial charge in [-0.3, -0.25) is 9.69 Å². The smallest absolute Gasteiger partial charge is 0.412 e. The van der Waals surface area contributed by atoms with Crippen molar-refractivity contribution < 1.29 is 24.2 Å². The zero-order chi connectivity index (χ0) is 16.4. The molecule has 0 radical (unpaired) electrons. The summed E-state index contributed by atoms with van der Waals surface area (Å²) in [7, 11) is 0. The minimum absolute atomic E-state index is 0.198. The van der Waals surface area contributed by atoms with Crippen molar-refractivity contribution in [2.75, 3.05) is 13.2 Å². The number of carbonyl (C=O) groups is 2. The number of aliphatic hydroxyl groups excluding tert-OH is 1. The van der Waals surface area contributed by atoms with Gasteiger partial charge in [0, 0.05) is 13.5 Å². The average molecular weight is 302 g/mol. The quantitative estimate of drug-likeness (QED) is 0.807. The van der Waals surface area contributed by atoms with Crippen molar-refractivity contribution in [1.82, 2.24) is 10.2 Å². The summed E-state index contributed by atoms with van der Waals surface area (Å²) >= 11 is 0. The van der Waals surface area contributed by atoms with Gasteiger partial charge in [0.1, 0.15) is 17.4 Å². The summed E-state index contributed by atoms with van der Waals surface area (Å²) in [6.07, 6.45) is -1.10. The van der Waals surface area contributed by atoms with Crippen LogP contribution in [-0.4, -0.2) is 58.6 Å². The molecule has 7 heteroatoms. The van der Waals surface area contributed by atoms with E-state index in [1.807, 2.05) is 0 Å². The van der Waals surface area contributed by atoms with E-state index < -0.39 is 29.6 Å². The van der Waals surface area contributed by atoms with E-state index in [0.717, 1.165) is 0 Å². The van der Waals surface area contributed by atoms with Crippen molar-refractivity contribution in [3.05, 3.63) is 0 Å². The predicted molar refractivity (Wildman–Crippen MR) is 76.6 cm³/mol. The van der Waals surface area contributed by atoms with Crippen LogP contribution in [0.1, 0.15) is 41.5 Å². The molecule has 0 spiro atoms. The number of ether oxygens (including phenoxy) is 2. The maximum atomic E-state index is 12.4. The molecule has 1 aliphatic heterocycles. The van der Waals surface area contributed by atoms with Crippen LogP contribution in [0.3, 0.4) is 0 Å². The second-order valence-electron chi connectivity index (χ2n) is 6.64. The third-order valence-corrected chi connectivity index (χ3v) is 3.11. The molecule has 122 valence electrons. The molecule has 0 aromatic carbocycles. The number of hydrogen-bond acceptors (Lipinski definition) is 5. The molecule has 1 aliphatic rings. The SMILES string of the molecule is CC(=O)NCC1C(CO)OC(C)(C)N1C(=O)OC(C)(C)C. The molecule has 2 amide bonds. The molecule has 0 aromatic heterocycles. The second-order valence-corrected chi connectivity index (χ2v) is 6.64. The Labute approximate surface area is 125 Å². The van der Waals surface area contributed by atoms with Gasteiger partial charge in [-0.25, -0.2) is 4.79 Å². The topological polar surface area (TPSA) is 88.1 Å². The first-order valence-corrected chi connectivity index (χ1v) is 7.03. The Kier molecular flexibility index (Phi) is 5.22. The normalized spacial score (nSPS) is 24.8. The van der Waals surface area contributed by atoms with Crippen molar-refractivity contribution in [2.45, 2.75) is 65.0 Å². The molecule has 1 saturated heterocycles. The number of aliphatic hydroxyl groups is 1. The fraction of sp³-hybridized carbons (Fsp3) is 0.857. The van der Waals surface area contributed by atoms with Crippen molar-refractivity contribution >= 4 is 12.0 Å². The van der Waals surface area contributed by atoms with E-state index >= 15 is 0 Å². The maximum absolute atomic E-state index is 12.4. The predicted octanol–water partition coefficient (Wildman–Crippen LogP) is 0.855. The molecule has 7 nitrogen and oxygen atoms in total. The Morgan fingerprint density at radius 2 is 1.95 bits per heavy atom. The summed E-state index contributed by atoms with van der Waals surface area (Å²) in [5.41, 5.74) is -1.55. The van der Waals surface area contributed by atoms with Crippen LogP contribution >= 0.6 is 0 Å². The minimum atomic E-state index is -0.918. The second kappa shape index (κ2) is 6.19.